The summed E-state index contributed by atoms with van der Waals surface area (Å²) in [5, 5.41) is 9.89. The number of rotatable bonds is 7. The maximum absolute atomic E-state index is 9.89. The topological polar surface area (TPSA) is 20.2 Å². The van der Waals surface area contributed by atoms with Crippen LogP contribution in [0.3, 0.4) is 0 Å². The van der Waals surface area contributed by atoms with Crippen molar-refractivity contribution in [1.29, 1.82) is 0 Å². The SMILES string of the molecule is C/C=C/C=C/[C@@](C)(O)CCCCCCl. The summed E-state index contributed by atoms with van der Waals surface area (Å²) in [5.41, 5.74) is -0.675. The molecule has 0 rings (SSSR count). The van der Waals surface area contributed by atoms with E-state index in [1.54, 1.807) is 0 Å². The number of halogens is 1. The molecule has 0 spiro atoms. The zero-order valence-electron chi connectivity index (χ0n) is 9.17. The van der Waals surface area contributed by atoms with Crippen LogP contribution in [0.25, 0.3) is 0 Å². The van der Waals surface area contributed by atoms with Gasteiger partial charge in [0.25, 0.3) is 0 Å². The first-order valence-electron chi connectivity index (χ1n) is 5.21. The first-order valence-corrected chi connectivity index (χ1v) is 5.74. The molecule has 0 fully saturated rings. The largest absolute Gasteiger partial charge is 0.386 e. The molecule has 0 unspecified atom stereocenters. The zero-order chi connectivity index (χ0) is 10.9. The van der Waals surface area contributed by atoms with Crippen LogP contribution in [0.4, 0.5) is 0 Å². The lowest BCUT2D eigenvalue weighted by atomic mass is 9.98. The van der Waals surface area contributed by atoms with Gasteiger partial charge in [0.05, 0.1) is 5.60 Å². The molecule has 0 saturated heterocycles. The molecule has 0 amide bonds. The Labute approximate surface area is 92.5 Å². The van der Waals surface area contributed by atoms with Gasteiger partial charge in [-0.3, -0.25) is 0 Å². The summed E-state index contributed by atoms with van der Waals surface area (Å²) in [5.74, 6) is 0.719. The lowest BCUT2D eigenvalue weighted by molar-refractivity contribution is 0.0987. The molecule has 0 aliphatic rings. The number of alkyl halides is 1. The van der Waals surface area contributed by atoms with Gasteiger partial charge in [-0.15, -0.1) is 11.6 Å². The lowest BCUT2D eigenvalue weighted by Crippen LogP contribution is -2.20. The quantitative estimate of drug-likeness (QED) is 0.391. The summed E-state index contributed by atoms with van der Waals surface area (Å²) in [6, 6.07) is 0. The highest BCUT2D eigenvalue weighted by atomic mass is 35.5. The molecule has 1 N–H and O–H groups in total. The summed E-state index contributed by atoms with van der Waals surface area (Å²) < 4.78 is 0. The van der Waals surface area contributed by atoms with Gasteiger partial charge in [-0.1, -0.05) is 37.1 Å². The van der Waals surface area contributed by atoms with Crippen molar-refractivity contribution in [2.75, 3.05) is 5.88 Å². The number of unbranched alkanes of at least 4 members (excludes halogenated alkanes) is 2. The Morgan fingerprint density at radius 2 is 1.93 bits per heavy atom. The van der Waals surface area contributed by atoms with E-state index in [0.717, 1.165) is 31.6 Å². The van der Waals surface area contributed by atoms with E-state index >= 15 is 0 Å². The van der Waals surface area contributed by atoms with Crippen LogP contribution in [0, 0.1) is 0 Å². The molecule has 0 aliphatic carbocycles. The van der Waals surface area contributed by atoms with E-state index in [1.807, 2.05) is 38.2 Å². The molecule has 0 saturated carbocycles. The summed E-state index contributed by atoms with van der Waals surface area (Å²) >= 11 is 5.57. The van der Waals surface area contributed by atoms with Crippen molar-refractivity contribution in [3.05, 3.63) is 24.3 Å². The van der Waals surface area contributed by atoms with Gasteiger partial charge >= 0.3 is 0 Å². The normalized spacial score (nSPS) is 16.6. The molecule has 0 radical (unpaired) electrons. The Morgan fingerprint density at radius 1 is 1.21 bits per heavy atom. The average Bonchev–Trinajstić information content (AvgIpc) is 2.13. The van der Waals surface area contributed by atoms with Crippen molar-refractivity contribution in [3.63, 3.8) is 0 Å². The molecule has 0 bridgehead atoms. The number of aliphatic hydroxyl groups is 1. The second kappa shape index (κ2) is 8.07. The van der Waals surface area contributed by atoms with Crippen LogP contribution in [-0.4, -0.2) is 16.6 Å². The van der Waals surface area contributed by atoms with Gasteiger partial charge in [0.2, 0.25) is 0 Å². The molecule has 0 aliphatic heterocycles. The molecular formula is C12H21ClO. The van der Waals surface area contributed by atoms with Crippen molar-refractivity contribution in [2.24, 2.45) is 0 Å². The van der Waals surface area contributed by atoms with Gasteiger partial charge in [-0.05, 0) is 26.7 Å². The first kappa shape index (κ1) is 13.7. The molecule has 1 nitrogen and oxygen atoms in total. The third-order valence-corrected chi connectivity index (χ3v) is 2.34. The Bertz CT molecular complexity index is 183. The van der Waals surface area contributed by atoms with Crippen molar-refractivity contribution < 1.29 is 5.11 Å². The predicted molar refractivity (Wildman–Crippen MR) is 63.8 cm³/mol. The van der Waals surface area contributed by atoms with Crippen molar-refractivity contribution in [2.45, 2.75) is 45.1 Å². The van der Waals surface area contributed by atoms with Gasteiger partial charge in [-0.2, -0.15) is 0 Å². The van der Waals surface area contributed by atoms with Crippen LogP contribution in [0.15, 0.2) is 24.3 Å². The van der Waals surface area contributed by atoms with E-state index in [9.17, 15) is 5.11 Å². The molecular weight excluding hydrogens is 196 g/mol. The van der Waals surface area contributed by atoms with E-state index in [1.165, 1.54) is 0 Å². The van der Waals surface area contributed by atoms with Gasteiger partial charge in [0, 0.05) is 5.88 Å². The second-order valence-corrected chi connectivity index (χ2v) is 4.12. The Kier molecular flexibility index (Phi) is 7.92. The average molecular weight is 217 g/mol. The zero-order valence-corrected chi connectivity index (χ0v) is 9.93. The van der Waals surface area contributed by atoms with Crippen molar-refractivity contribution in [3.8, 4) is 0 Å². The minimum atomic E-state index is -0.675. The van der Waals surface area contributed by atoms with Crippen LogP contribution in [-0.2, 0) is 0 Å². The maximum atomic E-state index is 9.89. The summed E-state index contributed by atoms with van der Waals surface area (Å²) in [4.78, 5) is 0. The highest BCUT2D eigenvalue weighted by molar-refractivity contribution is 6.17. The Balaban J connectivity index is 3.71. The predicted octanol–water partition coefficient (Wildman–Crippen LogP) is 3.67. The smallest absolute Gasteiger partial charge is 0.0802 e. The molecule has 1 atom stereocenters. The summed E-state index contributed by atoms with van der Waals surface area (Å²) in [7, 11) is 0. The molecule has 14 heavy (non-hydrogen) atoms. The maximum Gasteiger partial charge on any atom is 0.0802 e. The molecule has 0 aromatic carbocycles. The minimum absolute atomic E-state index is 0.675. The van der Waals surface area contributed by atoms with E-state index in [4.69, 9.17) is 11.6 Å². The van der Waals surface area contributed by atoms with Crippen LogP contribution < -0.4 is 0 Å². The summed E-state index contributed by atoms with van der Waals surface area (Å²) in [6.07, 6.45) is 11.6. The van der Waals surface area contributed by atoms with Crippen molar-refractivity contribution in [1.82, 2.24) is 0 Å². The fraction of sp³-hybridized carbons (Fsp3) is 0.667. The molecule has 0 aromatic rings. The Morgan fingerprint density at radius 3 is 2.50 bits per heavy atom. The van der Waals surface area contributed by atoms with Gasteiger partial charge in [0.1, 0.15) is 0 Å². The third-order valence-electron chi connectivity index (χ3n) is 2.08. The monoisotopic (exact) mass is 216 g/mol. The summed E-state index contributed by atoms with van der Waals surface area (Å²) in [6.45, 7) is 3.80. The molecule has 0 aromatic heterocycles. The Hall–Kier alpha value is -0.270. The third kappa shape index (κ3) is 8.33. The number of hydrogen-bond acceptors (Lipinski definition) is 1. The molecule has 0 heterocycles. The highest BCUT2D eigenvalue weighted by Crippen LogP contribution is 2.16. The fourth-order valence-electron chi connectivity index (χ4n) is 1.21. The fourth-order valence-corrected chi connectivity index (χ4v) is 1.40. The van der Waals surface area contributed by atoms with E-state index in [2.05, 4.69) is 0 Å². The lowest BCUT2D eigenvalue weighted by Gasteiger charge is -2.18. The minimum Gasteiger partial charge on any atom is -0.386 e. The molecule has 2 heteroatoms. The van der Waals surface area contributed by atoms with E-state index < -0.39 is 5.60 Å². The van der Waals surface area contributed by atoms with Gasteiger partial charge < -0.3 is 5.11 Å². The second-order valence-electron chi connectivity index (χ2n) is 3.74. The standard InChI is InChI=1S/C12H21ClO/c1-3-4-6-9-12(2,14)10-7-5-8-11-13/h3-4,6,9,14H,5,7-8,10-11H2,1-2H3/b4-3+,9-6+/t12-/m1/s1. The first-order chi connectivity index (χ1) is 6.62. The van der Waals surface area contributed by atoms with E-state index in [0.29, 0.717) is 0 Å². The number of allylic oxidation sites excluding steroid dienone is 3. The van der Waals surface area contributed by atoms with Crippen LogP contribution in [0.5, 0.6) is 0 Å². The van der Waals surface area contributed by atoms with Crippen LogP contribution in [0.2, 0.25) is 0 Å². The number of hydrogen-bond donors (Lipinski definition) is 1. The van der Waals surface area contributed by atoms with E-state index in [-0.39, 0.29) is 0 Å². The van der Waals surface area contributed by atoms with Gasteiger partial charge in [-0.25, -0.2) is 0 Å². The van der Waals surface area contributed by atoms with Crippen molar-refractivity contribution >= 4 is 11.6 Å². The highest BCUT2D eigenvalue weighted by Gasteiger charge is 2.14. The van der Waals surface area contributed by atoms with Gasteiger partial charge in [0.15, 0.2) is 0 Å². The molecule has 82 valence electrons. The van der Waals surface area contributed by atoms with Crippen LogP contribution >= 0.6 is 11.6 Å². The van der Waals surface area contributed by atoms with Crippen LogP contribution in [0.1, 0.15) is 39.5 Å².